The van der Waals surface area contributed by atoms with E-state index in [9.17, 15) is 5.26 Å². The second-order valence-corrected chi connectivity index (χ2v) is 14.6. The molecule has 11 heteroatoms. The van der Waals surface area contributed by atoms with Crippen LogP contribution in [0.2, 0.25) is 0 Å². The van der Waals surface area contributed by atoms with Gasteiger partial charge in [0.1, 0.15) is 23.0 Å². The van der Waals surface area contributed by atoms with Crippen molar-refractivity contribution in [2.24, 2.45) is 0 Å². The van der Waals surface area contributed by atoms with Gasteiger partial charge in [0.05, 0.1) is 11.0 Å². The number of ether oxygens (including phenoxy) is 1. The number of nitrogen functional groups attached to an aromatic ring is 1. The number of nitrogens with zero attached hydrogens (tertiary/aromatic N) is 6. The third-order valence-corrected chi connectivity index (χ3v) is 11.2. The molecule has 2 saturated heterocycles. The van der Waals surface area contributed by atoms with Crippen LogP contribution in [0.1, 0.15) is 86.6 Å². The van der Waals surface area contributed by atoms with Gasteiger partial charge in [0.2, 0.25) is 5.88 Å². The molecule has 0 saturated carbocycles. The number of nitriles is 1. The largest absolute Gasteiger partial charge is 0.473 e. The Kier molecular flexibility index (Phi) is 7.14. The van der Waals surface area contributed by atoms with Crippen molar-refractivity contribution in [3.63, 3.8) is 0 Å². The minimum Gasteiger partial charge on any atom is -0.473 e. The van der Waals surface area contributed by atoms with Crippen molar-refractivity contribution in [3.05, 3.63) is 33.4 Å². The summed E-state index contributed by atoms with van der Waals surface area (Å²) >= 11 is 1.56. The minimum atomic E-state index is -0.382. The summed E-state index contributed by atoms with van der Waals surface area (Å²) in [5.41, 5.74) is 9.37. The van der Waals surface area contributed by atoms with Crippen LogP contribution in [0.3, 0.4) is 0 Å². The van der Waals surface area contributed by atoms with Crippen LogP contribution < -0.4 is 20.7 Å². The fourth-order valence-corrected chi connectivity index (χ4v) is 9.25. The van der Waals surface area contributed by atoms with Crippen LogP contribution in [0.5, 0.6) is 5.88 Å². The molecule has 7 rings (SSSR count). The molecule has 1 spiro atoms. The summed E-state index contributed by atoms with van der Waals surface area (Å²) in [7, 11) is 2.17. The second kappa shape index (κ2) is 10.8. The maximum Gasteiger partial charge on any atom is 0.219 e. The number of thiophene rings is 1. The zero-order valence-corrected chi connectivity index (χ0v) is 26.5. The van der Waals surface area contributed by atoms with Crippen molar-refractivity contribution in [2.45, 2.75) is 95.2 Å². The molecule has 10 nitrogen and oxygen atoms in total. The van der Waals surface area contributed by atoms with E-state index in [0.29, 0.717) is 34.0 Å². The van der Waals surface area contributed by atoms with Crippen molar-refractivity contribution in [1.82, 2.24) is 25.3 Å². The summed E-state index contributed by atoms with van der Waals surface area (Å²) in [5, 5.41) is 19.0. The highest BCUT2D eigenvalue weighted by Crippen LogP contribution is 2.55. The number of piperazine rings is 1. The molecule has 3 N–H and O–H groups in total. The first kappa shape index (κ1) is 28.6. The number of aromatic nitrogens is 3. The van der Waals surface area contributed by atoms with Crippen LogP contribution >= 0.6 is 11.3 Å². The Hall–Kier alpha value is -3.20. The molecule has 228 valence electrons. The minimum absolute atomic E-state index is 0.00818. The van der Waals surface area contributed by atoms with Crippen molar-refractivity contribution in [3.8, 4) is 23.5 Å². The van der Waals surface area contributed by atoms with E-state index in [2.05, 4.69) is 54.2 Å². The monoisotopic (exact) mass is 602 g/mol. The van der Waals surface area contributed by atoms with Crippen LogP contribution in [-0.4, -0.2) is 70.9 Å². The summed E-state index contributed by atoms with van der Waals surface area (Å²) in [6.45, 7) is 10.2. The zero-order chi connectivity index (χ0) is 29.9. The van der Waals surface area contributed by atoms with Crippen LogP contribution in [0, 0.1) is 11.3 Å². The number of nitrogens with one attached hydrogen (secondary N) is 1. The Morgan fingerprint density at radius 3 is 2.77 bits per heavy atom. The lowest BCUT2D eigenvalue weighted by Crippen LogP contribution is -2.57. The zero-order valence-electron chi connectivity index (χ0n) is 25.7. The number of hydrogen-bond acceptors (Lipinski definition) is 11. The lowest BCUT2D eigenvalue weighted by molar-refractivity contribution is 0.117. The Labute approximate surface area is 257 Å². The number of likely N-dealkylation sites (tertiary alicyclic amines) is 1. The predicted molar refractivity (Wildman–Crippen MR) is 168 cm³/mol. The van der Waals surface area contributed by atoms with Gasteiger partial charge in [0.15, 0.2) is 17.3 Å². The van der Waals surface area contributed by atoms with Gasteiger partial charge in [-0.15, -0.1) is 11.3 Å². The molecule has 0 radical (unpaired) electrons. The molecule has 43 heavy (non-hydrogen) atoms. The second-order valence-electron chi connectivity index (χ2n) is 13.5. The molecule has 0 unspecified atom stereocenters. The third-order valence-electron chi connectivity index (χ3n) is 10.1. The van der Waals surface area contributed by atoms with Gasteiger partial charge in [0.25, 0.3) is 0 Å². The van der Waals surface area contributed by atoms with Gasteiger partial charge < -0.3 is 25.2 Å². The van der Waals surface area contributed by atoms with Crippen molar-refractivity contribution in [1.29, 1.82) is 5.26 Å². The number of nitrogens with two attached hydrogens (primary N) is 1. The van der Waals surface area contributed by atoms with Crippen molar-refractivity contribution in [2.75, 3.05) is 43.9 Å². The smallest absolute Gasteiger partial charge is 0.219 e. The first-order chi connectivity index (χ1) is 20.7. The first-order valence-electron chi connectivity index (χ1n) is 15.8. The number of aryl methyl sites for hydroxylation is 1. The Balaban J connectivity index is 1.31. The molecule has 3 aromatic rings. The molecule has 2 aliphatic heterocycles. The van der Waals surface area contributed by atoms with Crippen LogP contribution in [-0.2, 0) is 18.3 Å². The van der Waals surface area contributed by atoms with E-state index in [-0.39, 0.29) is 17.1 Å². The molecular weight excluding hydrogens is 560 g/mol. The van der Waals surface area contributed by atoms with Gasteiger partial charge in [-0.2, -0.15) is 10.2 Å². The van der Waals surface area contributed by atoms with Gasteiger partial charge in [-0.25, -0.2) is 4.98 Å². The number of likely N-dealkylation sites (N-methyl/N-ethyl adjacent to an activating group) is 1. The molecule has 0 amide bonds. The molecule has 0 bridgehead atoms. The lowest BCUT2D eigenvalue weighted by Gasteiger charge is -2.40. The van der Waals surface area contributed by atoms with Gasteiger partial charge in [-0.1, -0.05) is 5.16 Å². The van der Waals surface area contributed by atoms with E-state index < -0.39 is 0 Å². The molecule has 2 aliphatic carbocycles. The normalized spacial score (nSPS) is 25.7. The van der Waals surface area contributed by atoms with E-state index in [1.807, 2.05) is 6.07 Å². The lowest BCUT2D eigenvalue weighted by atomic mass is 9.63. The Morgan fingerprint density at radius 1 is 1.21 bits per heavy atom. The predicted octanol–water partition coefficient (Wildman–Crippen LogP) is 4.66. The maximum absolute atomic E-state index is 10.1. The van der Waals surface area contributed by atoms with Crippen LogP contribution in [0.4, 0.5) is 10.8 Å². The van der Waals surface area contributed by atoms with Gasteiger partial charge in [-0.3, -0.25) is 4.90 Å². The molecule has 0 aromatic carbocycles. The number of rotatable bonds is 5. The quantitative estimate of drug-likeness (QED) is 0.426. The van der Waals surface area contributed by atoms with Crippen molar-refractivity contribution >= 4 is 22.2 Å². The maximum atomic E-state index is 10.1. The average molecular weight is 603 g/mol. The van der Waals surface area contributed by atoms with Gasteiger partial charge in [-0.05, 0) is 91.3 Å². The van der Waals surface area contributed by atoms with E-state index in [0.717, 1.165) is 93.8 Å². The molecule has 3 aromatic heterocycles. The van der Waals surface area contributed by atoms with Crippen LogP contribution in [0.25, 0.3) is 11.5 Å². The summed E-state index contributed by atoms with van der Waals surface area (Å²) in [6, 6.07) is 4.76. The van der Waals surface area contributed by atoms with Gasteiger partial charge in [0, 0.05) is 47.7 Å². The highest BCUT2D eigenvalue weighted by molar-refractivity contribution is 7.16. The first-order valence-corrected chi connectivity index (χ1v) is 16.6. The van der Waals surface area contributed by atoms with E-state index in [1.165, 1.54) is 11.3 Å². The molecule has 4 aliphatic rings. The summed E-state index contributed by atoms with van der Waals surface area (Å²) < 4.78 is 12.9. The average Bonchev–Trinajstić information content (AvgIpc) is 3.69. The number of fused-ring (bicyclic) bond motifs is 4. The molecule has 3 atom stereocenters. The number of anilines is 2. The topological polar surface area (TPSA) is 129 Å². The van der Waals surface area contributed by atoms with E-state index in [1.54, 1.807) is 11.3 Å². The standard InChI is InChI=1S/C32H42N8O2S/c1-19(22-9-7-14-39(22)4)41-25-16-24(40-15-13-35-31(2,3)18-40)36-30(37-25)27-20-8-5-11-32(28(20)42-38-27)12-6-10-23-26(32)21(17-33)29(34)43-23/h16,19,22,35H,5-15,18,34H2,1-4H3/t19-,22-,32-/m0/s1. The van der Waals surface area contributed by atoms with Crippen molar-refractivity contribution < 1.29 is 9.26 Å². The van der Waals surface area contributed by atoms with Gasteiger partial charge >= 0.3 is 0 Å². The van der Waals surface area contributed by atoms with E-state index >= 15 is 0 Å². The third kappa shape index (κ3) is 4.88. The highest BCUT2D eigenvalue weighted by atomic mass is 32.1. The number of hydrogen-bond donors (Lipinski definition) is 2. The van der Waals surface area contributed by atoms with E-state index in [4.69, 9.17) is 25.0 Å². The summed E-state index contributed by atoms with van der Waals surface area (Å²) in [6.07, 6.45) is 7.92. The molecule has 5 heterocycles. The summed E-state index contributed by atoms with van der Waals surface area (Å²) in [4.78, 5) is 16.0. The fraction of sp³-hybridized carbons (Fsp3) is 0.625. The Morgan fingerprint density at radius 2 is 2.02 bits per heavy atom. The molecular formula is C32H42N8O2S. The summed E-state index contributed by atoms with van der Waals surface area (Å²) in [5.74, 6) is 2.83. The molecule has 2 fully saturated rings. The Bertz CT molecular complexity index is 1570. The SMILES string of the molecule is C[C@H](Oc1cc(N2CCNC(C)(C)C2)nc(-c2noc3c2CCC[C@@]32CCCc3sc(N)c(C#N)c32)n1)[C@@H]1CCCN1C. The fourth-order valence-electron chi connectivity index (χ4n) is 8.09. The van der Waals surface area contributed by atoms with Crippen LogP contribution in [0.15, 0.2) is 10.6 Å². The highest BCUT2D eigenvalue weighted by Gasteiger charge is 2.49.